The second-order valence-corrected chi connectivity index (χ2v) is 9.96. The average molecular weight is 408 g/mol. The molecule has 148 valence electrons. The molecule has 3 heterocycles. The lowest BCUT2D eigenvalue weighted by Gasteiger charge is -2.21. The van der Waals surface area contributed by atoms with E-state index < -0.39 is 15.7 Å². The van der Waals surface area contributed by atoms with Crippen LogP contribution in [-0.2, 0) is 9.84 Å². The van der Waals surface area contributed by atoms with Crippen LogP contribution in [0.4, 0.5) is 0 Å². The first-order valence-corrected chi connectivity index (χ1v) is 11.3. The Morgan fingerprint density at radius 1 is 1.10 bits per heavy atom. The lowest BCUT2D eigenvalue weighted by Crippen LogP contribution is -2.22. The monoisotopic (exact) mass is 408 g/mol. The lowest BCUT2D eigenvalue weighted by molar-refractivity contribution is 0.100. The van der Waals surface area contributed by atoms with Gasteiger partial charge >= 0.3 is 0 Å². The van der Waals surface area contributed by atoms with E-state index in [-0.39, 0.29) is 17.4 Å². The Morgan fingerprint density at radius 3 is 2.66 bits per heavy atom. The van der Waals surface area contributed by atoms with Crippen molar-refractivity contribution in [2.45, 2.75) is 18.8 Å². The smallest absolute Gasteiger partial charge is 0.250 e. The summed E-state index contributed by atoms with van der Waals surface area (Å²) in [5.41, 5.74) is 10.6. The van der Waals surface area contributed by atoms with E-state index in [9.17, 15) is 13.2 Å². The summed E-state index contributed by atoms with van der Waals surface area (Å²) in [6.07, 6.45) is 4.83. The van der Waals surface area contributed by atoms with Crippen molar-refractivity contribution in [1.29, 1.82) is 0 Å². The molecule has 1 amide bonds. The van der Waals surface area contributed by atoms with E-state index in [4.69, 9.17) is 5.73 Å². The van der Waals surface area contributed by atoms with Gasteiger partial charge in [0, 0.05) is 17.0 Å². The van der Waals surface area contributed by atoms with Crippen LogP contribution >= 0.6 is 0 Å². The number of amides is 1. The van der Waals surface area contributed by atoms with Crippen LogP contribution in [-0.4, -0.2) is 41.0 Å². The molecule has 7 nitrogen and oxygen atoms in total. The SMILES string of the molecule is NC(=O)c1cc(-c2ccc3[nH]ncc3c2)cc2c(C3CCS(=O)(=O)CC3)c[nH]c12. The zero-order valence-corrected chi connectivity index (χ0v) is 16.4. The van der Waals surface area contributed by atoms with Gasteiger partial charge in [-0.05, 0) is 59.7 Å². The van der Waals surface area contributed by atoms with Crippen LogP contribution in [0, 0.1) is 0 Å². The van der Waals surface area contributed by atoms with Crippen LogP contribution in [0.25, 0.3) is 32.9 Å². The van der Waals surface area contributed by atoms with Gasteiger partial charge in [-0.25, -0.2) is 8.42 Å². The van der Waals surface area contributed by atoms with Crippen LogP contribution < -0.4 is 5.73 Å². The zero-order valence-electron chi connectivity index (χ0n) is 15.6. The van der Waals surface area contributed by atoms with Crippen LogP contribution in [0.2, 0.25) is 0 Å². The molecule has 1 fully saturated rings. The number of hydrogen-bond donors (Lipinski definition) is 3. The second kappa shape index (κ2) is 6.45. The predicted molar refractivity (Wildman–Crippen MR) is 113 cm³/mol. The minimum Gasteiger partial charge on any atom is -0.366 e. The van der Waals surface area contributed by atoms with Crippen LogP contribution in [0.5, 0.6) is 0 Å². The van der Waals surface area contributed by atoms with E-state index in [0.29, 0.717) is 23.9 Å². The number of carbonyl (C=O) groups excluding carboxylic acids is 1. The summed E-state index contributed by atoms with van der Waals surface area (Å²) in [4.78, 5) is 15.3. The average Bonchev–Trinajstić information content (AvgIpc) is 3.33. The second-order valence-electron chi connectivity index (χ2n) is 7.65. The molecule has 0 aliphatic carbocycles. The predicted octanol–water partition coefficient (Wildman–Crippen LogP) is 3.10. The Hall–Kier alpha value is -3.13. The summed E-state index contributed by atoms with van der Waals surface area (Å²) in [5.74, 6) is 0.0359. The molecule has 2 aromatic carbocycles. The topological polar surface area (TPSA) is 122 Å². The molecule has 4 N–H and O–H groups in total. The lowest BCUT2D eigenvalue weighted by atomic mass is 9.90. The molecule has 0 atom stereocenters. The Balaban J connectivity index is 1.66. The molecule has 29 heavy (non-hydrogen) atoms. The number of nitrogens with two attached hydrogens (primary N) is 1. The van der Waals surface area contributed by atoms with Crippen LogP contribution in [0.3, 0.4) is 0 Å². The molecule has 5 rings (SSSR count). The van der Waals surface area contributed by atoms with Crippen LogP contribution in [0.15, 0.2) is 42.7 Å². The first kappa shape index (κ1) is 17.9. The Bertz CT molecular complexity index is 1350. The van der Waals surface area contributed by atoms with Crippen molar-refractivity contribution >= 4 is 37.6 Å². The summed E-state index contributed by atoms with van der Waals surface area (Å²) in [6, 6.07) is 9.81. The molecule has 0 unspecified atom stereocenters. The zero-order chi connectivity index (χ0) is 20.2. The van der Waals surface area contributed by atoms with Crippen molar-refractivity contribution in [3.63, 3.8) is 0 Å². The minimum atomic E-state index is -2.94. The van der Waals surface area contributed by atoms with Gasteiger partial charge in [-0.1, -0.05) is 6.07 Å². The highest BCUT2D eigenvalue weighted by atomic mass is 32.2. The van der Waals surface area contributed by atoms with Crippen molar-refractivity contribution in [3.05, 3.63) is 53.9 Å². The number of benzene rings is 2. The number of carbonyl (C=O) groups is 1. The fraction of sp³-hybridized carbons (Fsp3) is 0.238. The fourth-order valence-electron chi connectivity index (χ4n) is 4.28. The number of aromatic nitrogens is 3. The van der Waals surface area contributed by atoms with Gasteiger partial charge in [0.1, 0.15) is 9.84 Å². The van der Waals surface area contributed by atoms with Crippen molar-refractivity contribution in [2.24, 2.45) is 5.73 Å². The van der Waals surface area contributed by atoms with Gasteiger partial charge in [0.2, 0.25) is 0 Å². The molecule has 1 aliphatic heterocycles. The highest BCUT2D eigenvalue weighted by Crippen LogP contribution is 2.37. The van der Waals surface area contributed by atoms with E-state index in [1.165, 1.54) is 0 Å². The van der Waals surface area contributed by atoms with E-state index in [1.54, 1.807) is 12.3 Å². The van der Waals surface area contributed by atoms with E-state index in [0.717, 1.165) is 33.0 Å². The van der Waals surface area contributed by atoms with Gasteiger partial charge in [-0.15, -0.1) is 0 Å². The third kappa shape index (κ3) is 3.09. The van der Waals surface area contributed by atoms with Gasteiger partial charge in [0.15, 0.2) is 0 Å². The number of nitrogens with one attached hydrogen (secondary N) is 2. The molecule has 4 aromatic rings. The molecule has 0 bridgehead atoms. The quantitative estimate of drug-likeness (QED) is 0.482. The largest absolute Gasteiger partial charge is 0.366 e. The normalized spacial score (nSPS) is 17.1. The third-order valence-corrected chi connectivity index (χ3v) is 7.57. The van der Waals surface area contributed by atoms with Gasteiger partial charge in [-0.2, -0.15) is 5.10 Å². The fourth-order valence-corrected chi connectivity index (χ4v) is 5.77. The summed E-state index contributed by atoms with van der Waals surface area (Å²) >= 11 is 0. The van der Waals surface area contributed by atoms with Gasteiger partial charge < -0.3 is 10.7 Å². The maximum atomic E-state index is 12.1. The number of primary amides is 1. The number of nitrogens with zero attached hydrogens (tertiary/aromatic N) is 1. The molecule has 2 aromatic heterocycles. The molecule has 1 saturated heterocycles. The molecule has 8 heteroatoms. The Kier molecular flexibility index (Phi) is 3.99. The summed E-state index contributed by atoms with van der Waals surface area (Å²) in [5, 5.41) is 8.90. The van der Waals surface area contributed by atoms with E-state index in [2.05, 4.69) is 21.2 Å². The third-order valence-electron chi connectivity index (χ3n) is 5.85. The maximum absolute atomic E-state index is 12.1. The van der Waals surface area contributed by atoms with Gasteiger partial charge in [0.25, 0.3) is 5.91 Å². The number of aromatic amines is 2. The molecular formula is C21H20N4O3S. The van der Waals surface area contributed by atoms with Crippen molar-refractivity contribution in [2.75, 3.05) is 11.5 Å². The Morgan fingerprint density at radius 2 is 1.90 bits per heavy atom. The first-order chi connectivity index (χ1) is 13.9. The number of sulfone groups is 1. The summed E-state index contributed by atoms with van der Waals surface area (Å²) < 4.78 is 23.6. The number of H-pyrrole nitrogens is 2. The standard InChI is InChI=1S/C21H20N4O3S/c22-21(26)17-9-14(13-1-2-19-15(7-13)10-24-25-19)8-16-18(11-23-20(16)17)12-3-5-29(27,28)6-4-12/h1-2,7-12,23H,3-6H2,(H2,22,26)(H,24,25). The number of fused-ring (bicyclic) bond motifs is 2. The molecule has 0 spiro atoms. The van der Waals surface area contributed by atoms with E-state index in [1.807, 2.05) is 24.4 Å². The first-order valence-electron chi connectivity index (χ1n) is 9.50. The number of rotatable bonds is 3. The van der Waals surface area contributed by atoms with E-state index >= 15 is 0 Å². The minimum absolute atomic E-state index is 0.139. The molecule has 0 radical (unpaired) electrons. The van der Waals surface area contributed by atoms with Crippen LogP contribution in [0.1, 0.15) is 34.7 Å². The highest BCUT2D eigenvalue weighted by molar-refractivity contribution is 7.91. The highest BCUT2D eigenvalue weighted by Gasteiger charge is 2.27. The van der Waals surface area contributed by atoms with Gasteiger partial charge in [-0.3, -0.25) is 9.89 Å². The van der Waals surface area contributed by atoms with Crippen molar-refractivity contribution in [1.82, 2.24) is 15.2 Å². The Labute approximate surface area is 167 Å². The van der Waals surface area contributed by atoms with Gasteiger partial charge in [0.05, 0.1) is 34.3 Å². The van der Waals surface area contributed by atoms with Crippen molar-refractivity contribution < 1.29 is 13.2 Å². The summed E-state index contributed by atoms with van der Waals surface area (Å²) in [6.45, 7) is 0. The molecule has 1 aliphatic rings. The summed E-state index contributed by atoms with van der Waals surface area (Å²) in [7, 11) is -2.94. The molecular weight excluding hydrogens is 388 g/mol. The van der Waals surface area contributed by atoms with Crippen molar-refractivity contribution in [3.8, 4) is 11.1 Å². The number of hydrogen-bond acceptors (Lipinski definition) is 4. The molecule has 0 saturated carbocycles. The maximum Gasteiger partial charge on any atom is 0.250 e.